The highest BCUT2D eigenvalue weighted by atomic mass is 19.4. The standard InChI is InChI=1S/C17H16F3NO2/c1-12-6-5-7-13(10-12)15(22)21-11-16(23,17(18,19)20)14-8-3-2-4-9-14/h2-10,23H,11H2,1H3,(H,21,22)/t16-/m1/s1. The number of benzene rings is 2. The van der Waals surface area contributed by atoms with Crippen molar-refractivity contribution in [1.82, 2.24) is 5.32 Å². The van der Waals surface area contributed by atoms with Crippen molar-refractivity contribution in [2.45, 2.75) is 18.7 Å². The summed E-state index contributed by atoms with van der Waals surface area (Å²) in [5.74, 6) is -0.674. The first kappa shape index (κ1) is 17.0. The summed E-state index contributed by atoms with van der Waals surface area (Å²) in [4.78, 5) is 12.0. The van der Waals surface area contributed by atoms with E-state index in [0.717, 1.165) is 5.56 Å². The van der Waals surface area contributed by atoms with Gasteiger partial charge in [-0.25, -0.2) is 0 Å². The second-order valence-corrected chi connectivity index (χ2v) is 5.28. The van der Waals surface area contributed by atoms with Crippen molar-refractivity contribution in [3.63, 3.8) is 0 Å². The molecule has 0 bridgehead atoms. The predicted octanol–water partition coefficient (Wildman–Crippen LogP) is 3.17. The number of alkyl halides is 3. The molecule has 2 aromatic rings. The van der Waals surface area contributed by atoms with Crippen LogP contribution in [0.2, 0.25) is 0 Å². The molecule has 1 atom stereocenters. The zero-order valence-electron chi connectivity index (χ0n) is 12.4. The Labute approximate surface area is 131 Å². The van der Waals surface area contributed by atoms with Crippen molar-refractivity contribution >= 4 is 5.91 Å². The molecule has 0 heterocycles. The smallest absolute Gasteiger partial charge is 0.375 e. The summed E-state index contributed by atoms with van der Waals surface area (Å²) in [5.41, 5.74) is -2.42. The van der Waals surface area contributed by atoms with Crippen molar-refractivity contribution in [3.05, 3.63) is 71.3 Å². The minimum absolute atomic E-state index is 0.239. The Balaban J connectivity index is 2.22. The van der Waals surface area contributed by atoms with E-state index in [1.54, 1.807) is 31.2 Å². The summed E-state index contributed by atoms with van der Waals surface area (Å²) in [5, 5.41) is 12.3. The molecule has 0 aliphatic heterocycles. The molecule has 0 unspecified atom stereocenters. The maximum absolute atomic E-state index is 13.3. The zero-order chi connectivity index (χ0) is 17.1. The lowest BCUT2D eigenvalue weighted by Gasteiger charge is -2.31. The Bertz CT molecular complexity index is 686. The van der Waals surface area contributed by atoms with Gasteiger partial charge in [0.15, 0.2) is 0 Å². The van der Waals surface area contributed by atoms with Gasteiger partial charge in [0.05, 0.1) is 6.54 Å². The van der Waals surface area contributed by atoms with Gasteiger partial charge < -0.3 is 10.4 Å². The number of hydrogen-bond acceptors (Lipinski definition) is 2. The quantitative estimate of drug-likeness (QED) is 0.908. The molecular weight excluding hydrogens is 307 g/mol. The van der Waals surface area contributed by atoms with E-state index < -0.39 is 24.2 Å². The van der Waals surface area contributed by atoms with Crippen LogP contribution in [0.1, 0.15) is 21.5 Å². The van der Waals surface area contributed by atoms with E-state index in [4.69, 9.17) is 0 Å². The fourth-order valence-electron chi connectivity index (χ4n) is 2.18. The summed E-state index contributed by atoms with van der Waals surface area (Å²) in [6.07, 6.45) is -4.92. The highest BCUT2D eigenvalue weighted by Gasteiger charge is 2.55. The van der Waals surface area contributed by atoms with Crippen LogP contribution >= 0.6 is 0 Å². The molecule has 3 nitrogen and oxygen atoms in total. The first-order valence-electron chi connectivity index (χ1n) is 6.93. The average Bonchev–Trinajstić information content (AvgIpc) is 2.52. The van der Waals surface area contributed by atoms with Crippen LogP contribution in [0.5, 0.6) is 0 Å². The summed E-state index contributed by atoms with van der Waals surface area (Å²) in [6, 6.07) is 13.2. The number of carbonyl (C=O) groups excluding carboxylic acids is 1. The minimum atomic E-state index is -4.92. The Hall–Kier alpha value is -2.34. The molecule has 0 saturated heterocycles. The Morgan fingerprint density at radius 2 is 1.74 bits per heavy atom. The van der Waals surface area contributed by atoms with Gasteiger partial charge in [-0.15, -0.1) is 0 Å². The third kappa shape index (κ3) is 3.71. The zero-order valence-corrected chi connectivity index (χ0v) is 12.4. The van der Waals surface area contributed by atoms with Crippen LogP contribution < -0.4 is 5.32 Å². The van der Waals surface area contributed by atoms with Crippen LogP contribution in [0.3, 0.4) is 0 Å². The van der Waals surface area contributed by atoms with Crippen molar-refractivity contribution in [3.8, 4) is 0 Å². The van der Waals surface area contributed by atoms with Gasteiger partial charge in [-0.2, -0.15) is 13.2 Å². The molecule has 2 rings (SSSR count). The molecule has 0 radical (unpaired) electrons. The topological polar surface area (TPSA) is 49.3 Å². The van der Waals surface area contributed by atoms with E-state index in [0.29, 0.717) is 0 Å². The van der Waals surface area contributed by atoms with Gasteiger partial charge >= 0.3 is 6.18 Å². The van der Waals surface area contributed by atoms with E-state index in [1.807, 2.05) is 0 Å². The van der Waals surface area contributed by atoms with Crippen LogP contribution in [-0.2, 0) is 5.60 Å². The van der Waals surface area contributed by atoms with Gasteiger partial charge in [0, 0.05) is 5.56 Å². The number of aryl methyl sites for hydroxylation is 1. The Kier molecular flexibility index (Phi) is 4.75. The molecule has 0 aromatic heterocycles. The van der Waals surface area contributed by atoms with Crippen molar-refractivity contribution < 1.29 is 23.1 Å². The van der Waals surface area contributed by atoms with Crippen molar-refractivity contribution in [1.29, 1.82) is 0 Å². The molecule has 23 heavy (non-hydrogen) atoms. The number of halogens is 3. The molecule has 2 N–H and O–H groups in total. The number of nitrogens with one attached hydrogen (secondary N) is 1. The van der Waals surface area contributed by atoms with E-state index >= 15 is 0 Å². The van der Waals surface area contributed by atoms with Crippen LogP contribution in [-0.4, -0.2) is 23.7 Å². The molecular formula is C17H16F3NO2. The average molecular weight is 323 g/mol. The minimum Gasteiger partial charge on any atom is -0.375 e. The van der Waals surface area contributed by atoms with E-state index in [9.17, 15) is 23.1 Å². The largest absolute Gasteiger partial charge is 0.423 e. The molecule has 0 aliphatic carbocycles. The number of amides is 1. The van der Waals surface area contributed by atoms with Crippen LogP contribution in [0, 0.1) is 6.92 Å². The van der Waals surface area contributed by atoms with Crippen LogP contribution in [0.25, 0.3) is 0 Å². The molecule has 2 aromatic carbocycles. The van der Waals surface area contributed by atoms with Gasteiger partial charge in [-0.1, -0.05) is 48.0 Å². The molecule has 0 spiro atoms. The molecule has 0 aliphatic rings. The molecule has 122 valence electrons. The first-order chi connectivity index (χ1) is 10.7. The molecule has 1 amide bonds. The van der Waals surface area contributed by atoms with E-state index in [1.165, 1.54) is 30.3 Å². The van der Waals surface area contributed by atoms with E-state index in [-0.39, 0.29) is 11.1 Å². The van der Waals surface area contributed by atoms with E-state index in [2.05, 4.69) is 5.32 Å². The second-order valence-electron chi connectivity index (χ2n) is 5.28. The highest BCUT2D eigenvalue weighted by Crippen LogP contribution is 2.38. The van der Waals surface area contributed by atoms with Gasteiger partial charge in [-0.3, -0.25) is 4.79 Å². The Morgan fingerprint density at radius 1 is 1.09 bits per heavy atom. The highest BCUT2D eigenvalue weighted by molar-refractivity contribution is 5.94. The maximum Gasteiger partial charge on any atom is 0.423 e. The third-order valence-corrected chi connectivity index (χ3v) is 3.51. The third-order valence-electron chi connectivity index (χ3n) is 3.51. The summed E-state index contributed by atoms with van der Waals surface area (Å²) in [6.45, 7) is 0.806. The first-order valence-corrected chi connectivity index (χ1v) is 6.93. The number of carbonyl (C=O) groups is 1. The van der Waals surface area contributed by atoms with Crippen molar-refractivity contribution in [2.75, 3.05) is 6.54 Å². The lowest BCUT2D eigenvalue weighted by atomic mass is 9.93. The van der Waals surface area contributed by atoms with Crippen LogP contribution in [0.15, 0.2) is 54.6 Å². The van der Waals surface area contributed by atoms with Crippen LogP contribution in [0.4, 0.5) is 13.2 Å². The summed E-state index contributed by atoms with van der Waals surface area (Å²) >= 11 is 0. The summed E-state index contributed by atoms with van der Waals surface area (Å²) < 4.78 is 39.9. The van der Waals surface area contributed by atoms with Gasteiger partial charge in [0.1, 0.15) is 0 Å². The lowest BCUT2D eigenvalue weighted by Crippen LogP contribution is -2.51. The molecule has 6 heteroatoms. The van der Waals surface area contributed by atoms with Crippen molar-refractivity contribution in [2.24, 2.45) is 0 Å². The monoisotopic (exact) mass is 323 g/mol. The van der Waals surface area contributed by atoms with Gasteiger partial charge in [-0.05, 0) is 24.6 Å². The molecule has 0 fully saturated rings. The fourth-order valence-corrected chi connectivity index (χ4v) is 2.18. The number of hydrogen-bond donors (Lipinski definition) is 2. The predicted molar refractivity (Wildman–Crippen MR) is 79.9 cm³/mol. The SMILES string of the molecule is Cc1cccc(C(=O)NC[C@@](O)(c2ccccc2)C(F)(F)F)c1. The number of aliphatic hydroxyl groups is 1. The molecule has 0 saturated carbocycles. The summed E-state index contributed by atoms with van der Waals surface area (Å²) in [7, 11) is 0. The number of rotatable bonds is 4. The van der Waals surface area contributed by atoms with Gasteiger partial charge in [0.25, 0.3) is 5.91 Å². The fraction of sp³-hybridized carbons (Fsp3) is 0.235. The normalized spacial score (nSPS) is 14.1. The lowest BCUT2D eigenvalue weighted by molar-refractivity contribution is -0.263. The Morgan fingerprint density at radius 3 is 2.30 bits per heavy atom. The second kappa shape index (κ2) is 6.42. The maximum atomic E-state index is 13.3. The van der Waals surface area contributed by atoms with Gasteiger partial charge in [0.2, 0.25) is 5.60 Å².